The molecule has 120 valence electrons. The van der Waals surface area contributed by atoms with E-state index >= 15 is 0 Å². The lowest BCUT2D eigenvalue weighted by molar-refractivity contribution is -0.116. The Balaban J connectivity index is 1.74. The third-order valence-corrected chi connectivity index (χ3v) is 3.09. The Bertz CT molecular complexity index is 640. The number of carbonyl (C=O) groups excluding carboxylic acids is 1. The summed E-state index contributed by atoms with van der Waals surface area (Å²) in [7, 11) is 0. The number of ether oxygens (including phenoxy) is 1. The highest BCUT2D eigenvalue weighted by Gasteiger charge is 2.03. The Kier molecular flexibility index (Phi) is 6.29. The maximum atomic E-state index is 12.0. The molecule has 1 N–H and O–H groups in total. The molecule has 0 aromatic heterocycles. The Morgan fingerprint density at radius 1 is 1.09 bits per heavy atom. The van der Waals surface area contributed by atoms with Crippen molar-refractivity contribution in [3.63, 3.8) is 0 Å². The Hall–Kier alpha value is -2.69. The van der Waals surface area contributed by atoms with Crippen LogP contribution in [0.4, 0.5) is 8.78 Å². The highest BCUT2D eigenvalue weighted by Crippen LogP contribution is 2.14. The van der Waals surface area contributed by atoms with Gasteiger partial charge in [0.15, 0.2) is 0 Å². The zero-order valence-corrected chi connectivity index (χ0v) is 12.4. The highest BCUT2D eigenvalue weighted by atomic mass is 19.3. The second-order valence-electron chi connectivity index (χ2n) is 4.81. The maximum Gasteiger partial charge on any atom is 0.387 e. The number of nitrogens with one attached hydrogen (secondary N) is 1. The first-order valence-electron chi connectivity index (χ1n) is 7.18. The summed E-state index contributed by atoms with van der Waals surface area (Å²) in [6, 6.07) is 15.9. The lowest BCUT2D eigenvalue weighted by Gasteiger charge is -2.06. The maximum absolute atomic E-state index is 12.0. The zero-order chi connectivity index (χ0) is 16.5. The van der Waals surface area contributed by atoms with Gasteiger partial charge in [-0.25, -0.2) is 0 Å². The topological polar surface area (TPSA) is 38.3 Å². The number of carbonyl (C=O) groups is 1. The van der Waals surface area contributed by atoms with Gasteiger partial charge >= 0.3 is 6.61 Å². The zero-order valence-electron chi connectivity index (χ0n) is 12.4. The molecule has 3 nitrogen and oxygen atoms in total. The molecule has 2 aromatic carbocycles. The SMILES string of the molecule is O=C(/C=C/c1ccccc1)NCCc1ccc(OC(F)F)cc1. The molecule has 0 radical (unpaired) electrons. The van der Waals surface area contributed by atoms with Gasteiger partial charge in [0.1, 0.15) is 5.75 Å². The van der Waals surface area contributed by atoms with Crippen molar-refractivity contribution < 1.29 is 18.3 Å². The van der Waals surface area contributed by atoms with E-state index in [0.717, 1.165) is 11.1 Å². The minimum Gasteiger partial charge on any atom is -0.435 e. The van der Waals surface area contributed by atoms with Crippen molar-refractivity contribution in [1.29, 1.82) is 0 Å². The van der Waals surface area contributed by atoms with Crippen LogP contribution in [0.5, 0.6) is 5.75 Å². The van der Waals surface area contributed by atoms with Crippen LogP contribution < -0.4 is 10.1 Å². The van der Waals surface area contributed by atoms with E-state index in [1.54, 1.807) is 18.2 Å². The smallest absolute Gasteiger partial charge is 0.387 e. The Labute approximate surface area is 133 Å². The number of amides is 1. The van der Waals surface area contributed by atoms with Gasteiger partial charge in [-0.1, -0.05) is 42.5 Å². The molecule has 0 heterocycles. The van der Waals surface area contributed by atoms with Crippen LogP contribution in [0.25, 0.3) is 6.08 Å². The van der Waals surface area contributed by atoms with Crippen LogP contribution in [0.15, 0.2) is 60.7 Å². The first-order valence-corrected chi connectivity index (χ1v) is 7.18. The molecular formula is C18H17F2NO2. The summed E-state index contributed by atoms with van der Waals surface area (Å²) < 4.78 is 28.3. The van der Waals surface area contributed by atoms with Crippen LogP contribution in [0.2, 0.25) is 0 Å². The van der Waals surface area contributed by atoms with E-state index in [2.05, 4.69) is 10.1 Å². The van der Waals surface area contributed by atoms with Crippen LogP contribution >= 0.6 is 0 Å². The molecule has 2 rings (SSSR count). The molecule has 0 aliphatic heterocycles. The van der Waals surface area contributed by atoms with Crippen LogP contribution in [0.1, 0.15) is 11.1 Å². The molecule has 0 saturated carbocycles. The van der Waals surface area contributed by atoms with Gasteiger partial charge in [-0.3, -0.25) is 4.79 Å². The van der Waals surface area contributed by atoms with Gasteiger partial charge in [0.05, 0.1) is 0 Å². The number of halogens is 2. The lowest BCUT2D eigenvalue weighted by Crippen LogP contribution is -2.23. The molecule has 23 heavy (non-hydrogen) atoms. The number of hydrogen-bond donors (Lipinski definition) is 1. The standard InChI is InChI=1S/C18H17F2NO2/c19-18(20)23-16-9-6-15(7-10-16)12-13-21-17(22)11-8-14-4-2-1-3-5-14/h1-11,18H,12-13H2,(H,21,22)/b11-8+. The summed E-state index contributed by atoms with van der Waals surface area (Å²) in [5.74, 6) is -0.0508. The third kappa shape index (κ3) is 6.30. The molecule has 2 aromatic rings. The number of alkyl halides is 2. The normalized spacial score (nSPS) is 10.9. The van der Waals surface area contributed by atoms with Gasteiger partial charge in [-0.2, -0.15) is 8.78 Å². The van der Waals surface area contributed by atoms with Crippen molar-refractivity contribution in [3.8, 4) is 5.75 Å². The molecular weight excluding hydrogens is 300 g/mol. The summed E-state index contributed by atoms with van der Waals surface area (Å²) in [6.45, 7) is -2.36. The predicted molar refractivity (Wildman–Crippen MR) is 85.3 cm³/mol. The number of benzene rings is 2. The van der Waals surface area contributed by atoms with Crippen LogP contribution in [-0.4, -0.2) is 19.1 Å². The first-order chi connectivity index (χ1) is 11.1. The first kappa shape index (κ1) is 16.7. The largest absolute Gasteiger partial charge is 0.435 e. The molecule has 0 bridgehead atoms. The van der Waals surface area contributed by atoms with Crippen molar-refractivity contribution in [2.75, 3.05) is 6.54 Å². The average Bonchev–Trinajstić information content (AvgIpc) is 2.55. The van der Waals surface area contributed by atoms with E-state index < -0.39 is 6.61 Å². The highest BCUT2D eigenvalue weighted by molar-refractivity contribution is 5.91. The van der Waals surface area contributed by atoms with Crippen LogP contribution in [0.3, 0.4) is 0 Å². The van der Waals surface area contributed by atoms with Gasteiger partial charge in [0.25, 0.3) is 0 Å². The molecule has 0 unspecified atom stereocenters. The predicted octanol–water partition coefficient (Wildman–Crippen LogP) is 3.66. The molecule has 0 fully saturated rings. The fourth-order valence-corrected chi connectivity index (χ4v) is 1.96. The quantitative estimate of drug-likeness (QED) is 0.792. The molecule has 0 aliphatic carbocycles. The summed E-state index contributed by atoms with van der Waals surface area (Å²) in [5.41, 5.74) is 1.89. The fraction of sp³-hybridized carbons (Fsp3) is 0.167. The monoisotopic (exact) mass is 317 g/mol. The van der Waals surface area contributed by atoms with Crippen molar-refractivity contribution in [2.45, 2.75) is 13.0 Å². The molecule has 0 aliphatic rings. The minimum atomic E-state index is -2.82. The lowest BCUT2D eigenvalue weighted by atomic mass is 10.1. The van der Waals surface area contributed by atoms with Crippen molar-refractivity contribution >= 4 is 12.0 Å². The van der Waals surface area contributed by atoms with Crippen LogP contribution in [0, 0.1) is 0 Å². The summed E-state index contributed by atoms with van der Waals surface area (Å²) in [6.07, 6.45) is 3.83. The van der Waals surface area contributed by atoms with Gasteiger partial charge in [0, 0.05) is 12.6 Å². The van der Waals surface area contributed by atoms with E-state index in [4.69, 9.17) is 0 Å². The number of rotatable bonds is 7. The van der Waals surface area contributed by atoms with Gasteiger partial charge in [0.2, 0.25) is 5.91 Å². The average molecular weight is 317 g/mol. The molecule has 0 spiro atoms. The number of hydrogen-bond acceptors (Lipinski definition) is 2. The summed E-state index contributed by atoms with van der Waals surface area (Å²) in [4.78, 5) is 11.7. The van der Waals surface area contributed by atoms with Crippen molar-refractivity contribution in [2.24, 2.45) is 0 Å². The second kappa shape index (κ2) is 8.68. The summed E-state index contributed by atoms with van der Waals surface area (Å²) >= 11 is 0. The fourth-order valence-electron chi connectivity index (χ4n) is 1.96. The van der Waals surface area contributed by atoms with E-state index in [9.17, 15) is 13.6 Å². The Morgan fingerprint density at radius 3 is 2.43 bits per heavy atom. The van der Waals surface area contributed by atoms with Gasteiger partial charge in [-0.05, 0) is 35.8 Å². The molecule has 1 amide bonds. The van der Waals surface area contributed by atoms with Gasteiger partial charge in [-0.15, -0.1) is 0 Å². The van der Waals surface area contributed by atoms with E-state index in [-0.39, 0.29) is 11.7 Å². The second-order valence-corrected chi connectivity index (χ2v) is 4.81. The van der Waals surface area contributed by atoms with E-state index in [0.29, 0.717) is 13.0 Å². The summed E-state index contributed by atoms with van der Waals surface area (Å²) in [5, 5.41) is 2.77. The van der Waals surface area contributed by atoms with Crippen molar-refractivity contribution in [3.05, 3.63) is 71.8 Å². The van der Waals surface area contributed by atoms with Crippen LogP contribution in [-0.2, 0) is 11.2 Å². The van der Waals surface area contributed by atoms with E-state index in [1.807, 2.05) is 30.3 Å². The molecule has 5 heteroatoms. The van der Waals surface area contributed by atoms with Gasteiger partial charge < -0.3 is 10.1 Å². The van der Waals surface area contributed by atoms with Crippen molar-refractivity contribution in [1.82, 2.24) is 5.32 Å². The van der Waals surface area contributed by atoms with E-state index in [1.165, 1.54) is 18.2 Å². The minimum absolute atomic E-state index is 0.124. The molecule has 0 saturated heterocycles. The Morgan fingerprint density at radius 2 is 1.78 bits per heavy atom. The third-order valence-electron chi connectivity index (χ3n) is 3.09. The molecule has 0 atom stereocenters.